The number of hydrogen-bond donors (Lipinski definition) is 0. The summed E-state index contributed by atoms with van der Waals surface area (Å²) in [7, 11) is 4.15. The lowest BCUT2D eigenvalue weighted by Crippen LogP contribution is -2.19. The van der Waals surface area contributed by atoms with Gasteiger partial charge in [0, 0.05) is 18.8 Å². The van der Waals surface area contributed by atoms with Gasteiger partial charge in [-0.05, 0) is 46.0 Å². The summed E-state index contributed by atoms with van der Waals surface area (Å²) in [5.41, 5.74) is 5.96. The third-order valence-corrected chi connectivity index (χ3v) is 5.35. The van der Waals surface area contributed by atoms with Crippen LogP contribution in [0.1, 0.15) is 29.6 Å². The summed E-state index contributed by atoms with van der Waals surface area (Å²) in [5.74, 6) is 0.576. The van der Waals surface area contributed by atoms with Gasteiger partial charge in [0.25, 0.3) is 0 Å². The van der Waals surface area contributed by atoms with E-state index < -0.39 is 0 Å². The topological polar surface area (TPSA) is 72.8 Å². The van der Waals surface area contributed by atoms with Crippen molar-refractivity contribution in [1.82, 2.24) is 29.0 Å². The van der Waals surface area contributed by atoms with Crippen LogP contribution in [0.5, 0.6) is 0 Å². The highest BCUT2D eigenvalue weighted by atomic mass is 16.6. The Kier molecular flexibility index (Phi) is 5.50. The fraction of sp³-hybridized carbons (Fsp3) is 0.364. The third kappa shape index (κ3) is 3.78. The van der Waals surface area contributed by atoms with E-state index in [0.717, 1.165) is 41.0 Å². The van der Waals surface area contributed by atoms with Gasteiger partial charge >= 0.3 is 0 Å². The smallest absolute Gasteiger partial charge is 0.192 e. The van der Waals surface area contributed by atoms with Crippen molar-refractivity contribution in [2.24, 2.45) is 5.16 Å². The quantitative estimate of drug-likeness (QED) is 0.349. The second-order valence-corrected chi connectivity index (χ2v) is 7.72. The van der Waals surface area contributed by atoms with Crippen LogP contribution in [0.15, 0.2) is 41.8 Å². The van der Waals surface area contributed by atoms with Gasteiger partial charge < -0.3 is 14.3 Å². The van der Waals surface area contributed by atoms with E-state index in [2.05, 4.69) is 52.6 Å². The van der Waals surface area contributed by atoms with Crippen LogP contribution in [-0.2, 0) is 18.0 Å². The molecule has 1 aromatic carbocycles. The number of benzene rings is 1. The molecule has 30 heavy (non-hydrogen) atoms. The van der Waals surface area contributed by atoms with Crippen molar-refractivity contribution in [3.63, 3.8) is 0 Å². The number of likely N-dealkylation sites (N-methyl/N-ethyl adjacent to an activating group) is 1. The van der Waals surface area contributed by atoms with Gasteiger partial charge in [-0.3, -0.25) is 0 Å². The lowest BCUT2D eigenvalue weighted by molar-refractivity contribution is 0.125. The molecule has 3 aromatic heterocycles. The zero-order valence-corrected chi connectivity index (χ0v) is 18.1. The second-order valence-electron chi connectivity index (χ2n) is 7.72. The maximum absolute atomic E-state index is 5.52. The molecule has 0 saturated heterocycles. The van der Waals surface area contributed by atoms with Crippen molar-refractivity contribution in [2.45, 2.75) is 33.9 Å². The molecule has 0 atom stereocenters. The molecule has 4 rings (SSSR count). The highest BCUT2D eigenvalue weighted by Crippen LogP contribution is 2.26. The standard InChI is InChI=1S/C22H27N7O/c1-15-17(3)28(12-11-27(4)5)21-20(15)22-24-19(25-29(22)14-23-21)13-30-26-16(2)18-9-7-6-8-10-18/h6-10,14H,11-13H2,1-5H3/b26-16-. The first-order chi connectivity index (χ1) is 14.5. The van der Waals surface area contributed by atoms with Gasteiger partial charge in [-0.1, -0.05) is 35.5 Å². The Morgan fingerprint density at radius 2 is 1.90 bits per heavy atom. The zero-order chi connectivity index (χ0) is 21.3. The number of aryl methyl sites for hydroxylation is 1. The zero-order valence-electron chi connectivity index (χ0n) is 18.1. The second kappa shape index (κ2) is 8.23. The molecule has 4 aromatic rings. The van der Waals surface area contributed by atoms with Crippen molar-refractivity contribution in [2.75, 3.05) is 20.6 Å². The first-order valence-electron chi connectivity index (χ1n) is 10.0. The predicted octanol–water partition coefficient (Wildman–Crippen LogP) is 3.20. The molecular formula is C22H27N7O. The van der Waals surface area contributed by atoms with E-state index in [1.54, 1.807) is 10.8 Å². The van der Waals surface area contributed by atoms with Gasteiger partial charge in [0.2, 0.25) is 0 Å². The van der Waals surface area contributed by atoms with Crippen LogP contribution in [-0.4, -0.2) is 55.4 Å². The molecule has 0 aliphatic rings. The highest BCUT2D eigenvalue weighted by Gasteiger charge is 2.18. The van der Waals surface area contributed by atoms with Crippen molar-refractivity contribution in [3.05, 3.63) is 59.3 Å². The van der Waals surface area contributed by atoms with Gasteiger partial charge in [-0.15, -0.1) is 5.10 Å². The van der Waals surface area contributed by atoms with Crippen LogP contribution in [0.2, 0.25) is 0 Å². The summed E-state index contributed by atoms with van der Waals surface area (Å²) in [5, 5.41) is 9.76. The summed E-state index contributed by atoms with van der Waals surface area (Å²) < 4.78 is 3.97. The molecule has 0 aliphatic carbocycles. The molecule has 156 valence electrons. The summed E-state index contributed by atoms with van der Waals surface area (Å²) in [6.45, 7) is 8.19. The molecule has 0 bridgehead atoms. The van der Waals surface area contributed by atoms with Crippen molar-refractivity contribution >= 4 is 22.4 Å². The van der Waals surface area contributed by atoms with E-state index in [0.29, 0.717) is 5.82 Å². The Morgan fingerprint density at radius 1 is 1.13 bits per heavy atom. The molecule has 0 N–H and O–H groups in total. The molecule has 0 spiro atoms. The summed E-state index contributed by atoms with van der Waals surface area (Å²) in [6.07, 6.45) is 1.72. The fourth-order valence-corrected chi connectivity index (χ4v) is 3.53. The summed E-state index contributed by atoms with van der Waals surface area (Å²) in [6, 6.07) is 9.93. The van der Waals surface area contributed by atoms with Gasteiger partial charge in [0.05, 0.1) is 11.1 Å². The molecule has 0 fully saturated rings. The number of fused-ring (bicyclic) bond motifs is 3. The van der Waals surface area contributed by atoms with Crippen LogP contribution >= 0.6 is 0 Å². The van der Waals surface area contributed by atoms with Gasteiger partial charge in [0.1, 0.15) is 12.0 Å². The van der Waals surface area contributed by atoms with Crippen molar-refractivity contribution in [1.29, 1.82) is 0 Å². The number of oxime groups is 1. The van der Waals surface area contributed by atoms with Crippen molar-refractivity contribution < 1.29 is 4.84 Å². The molecule has 0 radical (unpaired) electrons. The maximum atomic E-state index is 5.52. The Morgan fingerprint density at radius 3 is 2.63 bits per heavy atom. The Hall–Kier alpha value is -3.26. The average molecular weight is 406 g/mol. The highest BCUT2D eigenvalue weighted by molar-refractivity contribution is 5.98. The van der Waals surface area contributed by atoms with E-state index in [1.807, 2.05) is 37.3 Å². The SMILES string of the molecule is C/C(=N/OCc1nc2c3c(C)c(C)n(CCN(C)C)c3ncn2n1)c1ccccc1. The van der Waals surface area contributed by atoms with Crippen LogP contribution in [0.3, 0.4) is 0 Å². The fourth-order valence-electron chi connectivity index (χ4n) is 3.53. The van der Waals surface area contributed by atoms with Gasteiger partial charge in [-0.25, -0.2) is 14.5 Å². The number of hydrogen-bond acceptors (Lipinski definition) is 6. The average Bonchev–Trinajstić information content (AvgIpc) is 3.25. The molecule has 8 heteroatoms. The molecular weight excluding hydrogens is 378 g/mol. The van der Waals surface area contributed by atoms with Crippen LogP contribution in [0.25, 0.3) is 16.7 Å². The number of nitrogens with zero attached hydrogens (tertiary/aromatic N) is 7. The summed E-state index contributed by atoms with van der Waals surface area (Å²) >= 11 is 0. The normalized spacial score (nSPS) is 12.4. The number of aromatic nitrogens is 5. The van der Waals surface area contributed by atoms with E-state index in [-0.39, 0.29) is 6.61 Å². The predicted molar refractivity (Wildman–Crippen MR) is 118 cm³/mol. The Labute approximate surface area is 175 Å². The monoisotopic (exact) mass is 405 g/mol. The molecule has 0 amide bonds. The van der Waals surface area contributed by atoms with E-state index in [4.69, 9.17) is 9.82 Å². The molecule has 8 nitrogen and oxygen atoms in total. The third-order valence-electron chi connectivity index (χ3n) is 5.35. The van der Waals surface area contributed by atoms with E-state index in [9.17, 15) is 0 Å². The van der Waals surface area contributed by atoms with Crippen molar-refractivity contribution in [3.8, 4) is 0 Å². The minimum atomic E-state index is 0.201. The first kappa shape index (κ1) is 20.0. The minimum absolute atomic E-state index is 0.201. The minimum Gasteiger partial charge on any atom is -0.387 e. The lowest BCUT2D eigenvalue weighted by Gasteiger charge is -2.12. The van der Waals surface area contributed by atoms with Gasteiger partial charge in [-0.2, -0.15) is 0 Å². The van der Waals surface area contributed by atoms with E-state index in [1.165, 1.54) is 11.3 Å². The first-order valence-corrected chi connectivity index (χ1v) is 10.0. The number of rotatable bonds is 7. The molecule has 3 heterocycles. The van der Waals surface area contributed by atoms with Crippen LogP contribution in [0, 0.1) is 13.8 Å². The Balaban J connectivity index is 1.61. The Bertz CT molecular complexity index is 1200. The summed E-state index contributed by atoms with van der Waals surface area (Å²) in [4.78, 5) is 17.1. The molecule has 0 aliphatic heterocycles. The molecule has 0 saturated carbocycles. The van der Waals surface area contributed by atoms with Crippen LogP contribution < -0.4 is 0 Å². The van der Waals surface area contributed by atoms with Gasteiger partial charge in [0.15, 0.2) is 18.1 Å². The maximum Gasteiger partial charge on any atom is 0.192 e. The molecule has 0 unspecified atom stereocenters. The van der Waals surface area contributed by atoms with Crippen LogP contribution in [0.4, 0.5) is 0 Å². The van der Waals surface area contributed by atoms with E-state index >= 15 is 0 Å². The largest absolute Gasteiger partial charge is 0.387 e. The lowest BCUT2D eigenvalue weighted by atomic mass is 10.1.